The average molecular weight is 535 g/mol. The number of alkyl carbamates (subject to hydrolysis) is 1. The summed E-state index contributed by atoms with van der Waals surface area (Å²) in [4.78, 5) is 44.4. The predicted molar refractivity (Wildman–Crippen MR) is 150 cm³/mol. The van der Waals surface area contributed by atoms with Crippen LogP contribution in [0.1, 0.15) is 57.6 Å². The Labute approximate surface area is 230 Å². The van der Waals surface area contributed by atoms with Crippen molar-refractivity contribution in [1.29, 1.82) is 0 Å². The lowest BCUT2D eigenvalue weighted by Gasteiger charge is -2.28. The molecule has 0 spiro atoms. The SMILES string of the molecule is CC[C@@H](C=NC)NC(=O)[C@@H]1C[C@@H](NC(=O)OCC2c3ccccc3-c3ccccc32)CN1C(=O)OC(C)(C)C. The molecule has 0 unspecified atom stereocenters. The molecule has 1 aliphatic carbocycles. The van der Waals surface area contributed by atoms with Gasteiger partial charge in [0.2, 0.25) is 5.91 Å². The molecule has 0 bridgehead atoms. The first-order valence-electron chi connectivity index (χ1n) is 13.4. The fraction of sp³-hybridized carbons (Fsp3) is 0.467. The number of fused-ring (bicyclic) bond motifs is 3. The number of nitrogens with one attached hydrogen (secondary N) is 2. The van der Waals surface area contributed by atoms with Gasteiger partial charge in [-0.25, -0.2) is 9.59 Å². The first-order valence-corrected chi connectivity index (χ1v) is 13.4. The number of hydrogen-bond donors (Lipinski definition) is 2. The van der Waals surface area contributed by atoms with Crippen molar-refractivity contribution < 1.29 is 23.9 Å². The monoisotopic (exact) mass is 534 g/mol. The van der Waals surface area contributed by atoms with Gasteiger partial charge < -0.3 is 20.1 Å². The molecule has 2 aliphatic rings. The number of carbonyl (C=O) groups is 3. The summed E-state index contributed by atoms with van der Waals surface area (Å²) >= 11 is 0. The molecule has 9 nitrogen and oxygen atoms in total. The maximum absolute atomic E-state index is 13.2. The number of benzene rings is 2. The van der Waals surface area contributed by atoms with Crippen molar-refractivity contribution in [3.63, 3.8) is 0 Å². The number of carbonyl (C=O) groups excluding carboxylic acids is 3. The molecule has 1 heterocycles. The molecule has 1 saturated heterocycles. The van der Waals surface area contributed by atoms with Crippen LogP contribution >= 0.6 is 0 Å². The minimum Gasteiger partial charge on any atom is -0.449 e. The molecule has 0 aromatic heterocycles. The zero-order valence-electron chi connectivity index (χ0n) is 23.3. The number of aliphatic imine (C=N–C) groups is 1. The number of ether oxygens (including phenoxy) is 2. The minimum absolute atomic E-state index is 0.0604. The number of nitrogens with zero attached hydrogens (tertiary/aromatic N) is 2. The topological polar surface area (TPSA) is 109 Å². The second kappa shape index (κ2) is 11.9. The van der Waals surface area contributed by atoms with Gasteiger partial charge in [0.15, 0.2) is 0 Å². The van der Waals surface area contributed by atoms with Crippen LogP contribution in [-0.2, 0) is 14.3 Å². The molecule has 208 valence electrons. The van der Waals surface area contributed by atoms with Crippen LogP contribution in [0.2, 0.25) is 0 Å². The van der Waals surface area contributed by atoms with E-state index >= 15 is 0 Å². The van der Waals surface area contributed by atoms with E-state index in [-0.39, 0.29) is 37.4 Å². The predicted octanol–water partition coefficient (Wildman–Crippen LogP) is 4.50. The van der Waals surface area contributed by atoms with Crippen molar-refractivity contribution in [2.75, 3.05) is 20.2 Å². The highest BCUT2D eigenvalue weighted by Gasteiger charge is 2.42. The number of rotatable bonds is 7. The van der Waals surface area contributed by atoms with E-state index in [2.05, 4.69) is 39.9 Å². The van der Waals surface area contributed by atoms with Crippen LogP contribution in [-0.4, -0.2) is 73.1 Å². The van der Waals surface area contributed by atoms with Crippen molar-refractivity contribution >= 4 is 24.3 Å². The average Bonchev–Trinajstić information content (AvgIpc) is 3.46. The van der Waals surface area contributed by atoms with Crippen molar-refractivity contribution in [2.24, 2.45) is 4.99 Å². The van der Waals surface area contributed by atoms with Gasteiger partial charge in [0.25, 0.3) is 0 Å². The first kappa shape index (κ1) is 28.1. The maximum Gasteiger partial charge on any atom is 0.411 e. The third-order valence-corrected chi connectivity index (χ3v) is 6.99. The molecule has 2 N–H and O–H groups in total. The van der Waals surface area contributed by atoms with Crippen LogP contribution in [0.15, 0.2) is 53.5 Å². The Bertz CT molecular complexity index is 1190. The van der Waals surface area contributed by atoms with Gasteiger partial charge in [-0.1, -0.05) is 55.5 Å². The van der Waals surface area contributed by atoms with E-state index in [1.54, 1.807) is 34.0 Å². The number of likely N-dealkylation sites (tertiary alicyclic amines) is 1. The Morgan fingerprint density at radius 1 is 1.08 bits per heavy atom. The Morgan fingerprint density at radius 2 is 1.69 bits per heavy atom. The molecule has 0 saturated carbocycles. The Kier molecular flexibility index (Phi) is 8.57. The first-order chi connectivity index (χ1) is 18.6. The summed E-state index contributed by atoms with van der Waals surface area (Å²) in [6.07, 6.45) is 1.38. The van der Waals surface area contributed by atoms with Crippen LogP contribution in [0.3, 0.4) is 0 Å². The normalized spacial score (nSPS) is 19.4. The van der Waals surface area contributed by atoms with Crippen molar-refractivity contribution in [3.8, 4) is 11.1 Å². The lowest BCUT2D eigenvalue weighted by Crippen LogP contribution is -2.50. The lowest BCUT2D eigenvalue weighted by atomic mass is 9.98. The van der Waals surface area contributed by atoms with Crippen molar-refractivity contribution in [1.82, 2.24) is 15.5 Å². The van der Waals surface area contributed by atoms with E-state index in [0.717, 1.165) is 22.3 Å². The maximum atomic E-state index is 13.2. The minimum atomic E-state index is -0.793. The molecule has 39 heavy (non-hydrogen) atoms. The Morgan fingerprint density at radius 3 is 2.26 bits per heavy atom. The van der Waals surface area contributed by atoms with Gasteiger partial charge in [0.05, 0.1) is 12.1 Å². The van der Waals surface area contributed by atoms with Gasteiger partial charge in [0.1, 0.15) is 18.2 Å². The van der Waals surface area contributed by atoms with Gasteiger partial charge in [-0.15, -0.1) is 0 Å². The molecule has 3 amide bonds. The highest BCUT2D eigenvalue weighted by atomic mass is 16.6. The zero-order chi connectivity index (χ0) is 28.2. The van der Waals surface area contributed by atoms with Crippen LogP contribution in [0.4, 0.5) is 9.59 Å². The number of amides is 3. The van der Waals surface area contributed by atoms with Gasteiger partial charge in [-0.3, -0.25) is 14.7 Å². The molecular weight excluding hydrogens is 496 g/mol. The van der Waals surface area contributed by atoms with E-state index in [9.17, 15) is 14.4 Å². The quantitative estimate of drug-likeness (QED) is 0.509. The molecule has 9 heteroatoms. The Hall–Kier alpha value is -3.88. The second-order valence-electron chi connectivity index (χ2n) is 11.0. The summed E-state index contributed by atoms with van der Waals surface area (Å²) in [6, 6.07) is 14.8. The van der Waals surface area contributed by atoms with Crippen LogP contribution in [0, 0.1) is 0 Å². The smallest absolute Gasteiger partial charge is 0.411 e. The van der Waals surface area contributed by atoms with Gasteiger partial charge in [0, 0.05) is 25.7 Å². The molecule has 1 aliphatic heterocycles. The molecule has 4 rings (SSSR count). The third-order valence-electron chi connectivity index (χ3n) is 6.99. The molecular formula is C30H38N4O5. The largest absolute Gasteiger partial charge is 0.449 e. The summed E-state index contributed by atoms with van der Waals surface area (Å²) in [6.45, 7) is 7.57. The third kappa shape index (κ3) is 6.58. The van der Waals surface area contributed by atoms with Crippen LogP contribution < -0.4 is 10.6 Å². The highest BCUT2D eigenvalue weighted by Crippen LogP contribution is 2.44. The van der Waals surface area contributed by atoms with Crippen molar-refractivity contribution in [2.45, 2.75) is 70.2 Å². The van der Waals surface area contributed by atoms with Gasteiger partial charge >= 0.3 is 12.2 Å². The van der Waals surface area contributed by atoms with E-state index < -0.39 is 29.9 Å². The fourth-order valence-corrected chi connectivity index (χ4v) is 5.22. The van der Waals surface area contributed by atoms with E-state index in [1.165, 1.54) is 4.90 Å². The van der Waals surface area contributed by atoms with E-state index in [0.29, 0.717) is 6.42 Å². The van der Waals surface area contributed by atoms with Gasteiger partial charge in [-0.05, 0) is 55.9 Å². The lowest BCUT2D eigenvalue weighted by molar-refractivity contribution is -0.125. The van der Waals surface area contributed by atoms with Crippen LogP contribution in [0.25, 0.3) is 11.1 Å². The summed E-state index contributed by atoms with van der Waals surface area (Å²) in [5.74, 6) is -0.376. The zero-order valence-corrected chi connectivity index (χ0v) is 23.3. The standard InChI is InChI=1S/C30H38N4O5/c1-6-19(16-31-5)32-27(35)26-15-20(17-34(26)29(37)39-30(2,3)4)33-28(36)38-18-25-23-13-9-7-11-21(23)22-12-8-10-14-24(22)25/h7-14,16,19-20,25-26H,6,15,17-18H2,1-5H3,(H,32,35)(H,33,36)/t19-,20+,26-/m0/s1. The molecule has 1 fully saturated rings. The fourth-order valence-electron chi connectivity index (χ4n) is 5.22. The van der Waals surface area contributed by atoms with E-state index in [4.69, 9.17) is 9.47 Å². The molecule has 2 aromatic rings. The summed E-state index contributed by atoms with van der Waals surface area (Å²) in [5, 5.41) is 5.79. The van der Waals surface area contributed by atoms with Gasteiger partial charge in [-0.2, -0.15) is 0 Å². The Balaban J connectivity index is 1.42. The summed E-state index contributed by atoms with van der Waals surface area (Å²) in [7, 11) is 1.64. The van der Waals surface area contributed by atoms with Crippen molar-refractivity contribution in [3.05, 3.63) is 59.7 Å². The molecule has 0 radical (unpaired) electrons. The molecule has 3 atom stereocenters. The number of hydrogen-bond acceptors (Lipinski definition) is 6. The van der Waals surface area contributed by atoms with Crippen LogP contribution in [0.5, 0.6) is 0 Å². The summed E-state index contributed by atoms with van der Waals surface area (Å²) in [5.41, 5.74) is 3.83. The molecule has 2 aromatic carbocycles. The second-order valence-corrected chi connectivity index (χ2v) is 11.0. The highest BCUT2D eigenvalue weighted by molar-refractivity contribution is 5.89. The van der Waals surface area contributed by atoms with E-state index in [1.807, 2.05) is 31.2 Å². The summed E-state index contributed by atoms with van der Waals surface area (Å²) < 4.78 is 11.2.